The van der Waals surface area contributed by atoms with Gasteiger partial charge >= 0.3 is 6.18 Å². The first kappa shape index (κ1) is 24.2. The summed E-state index contributed by atoms with van der Waals surface area (Å²) < 4.78 is 65.3. The maximum absolute atomic E-state index is 12.8. The smallest absolute Gasteiger partial charge is 0.368 e. The molecule has 2 saturated heterocycles. The Morgan fingerprint density at radius 1 is 1.04 bits per heavy atom. The number of hydrogen-bond donors (Lipinski definition) is 1. The Balaban J connectivity index is 0.00000182. The Bertz CT molecular complexity index is 707. The van der Waals surface area contributed by atoms with Crippen LogP contribution in [0.5, 0.6) is 0 Å². The highest BCUT2D eigenvalue weighted by Crippen LogP contribution is 2.31. The van der Waals surface area contributed by atoms with Gasteiger partial charge in [0.25, 0.3) is 0 Å². The van der Waals surface area contributed by atoms with Crippen LogP contribution >= 0.6 is 24.8 Å². The molecule has 12 heteroatoms. The van der Waals surface area contributed by atoms with Crippen molar-refractivity contribution in [2.75, 3.05) is 44.2 Å². The predicted octanol–water partition coefficient (Wildman–Crippen LogP) is 2.15. The Hall–Kier alpha value is -0.810. The quantitative estimate of drug-likeness (QED) is 0.763. The summed E-state index contributed by atoms with van der Waals surface area (Å²) in [6, 6.07) is 1.06. The van der Waals surface area contributed by atoms with Crippen LogP contribution in [0.1, 0.15) is 18.4 Å². The van der Waals surface area contributed by atoms with Gasteiger partial charge in [0.15, 0.2) is 0 Å². The molecule has 0 atom stereocenters. The highest BCUT2D eigenvalue weighted by Gasteiger charge is 2.35. The van der Waals surface area contributed by atoms with Crippen LogP contribution < -0.4 is 10.2 Å². The Morgan fingerprint density at radius 3 is 2.19 bits per heavy atom. The average Bonchev–Trinajstić information content (AvgIpc) is 2.62. The zero-order valence-electron chi connectivity index (χ0n) is 14.5. The fraction of sp³-hybridized carbons (Fsp3) is 0.667. The number of nitrogens with zero attached hydrogens (tertiary/aromatic N) is 3. The maximum Gasteiger partial charge on any atom is 0.417 e. The van der Waals surface area contributed by atoms with E-state index >= 15 is 0 Å². The summed E-state index contributed by atoms with van der Waals surface area (Å²) in [4.78, 5) is 5.41. The summed E-state index contributed by atoms with van der Waals surface area (Å²) in [7, 11) is -3.35. The second kappa shape index (κ2) is 9.60. The van der Waals surface area contributed by atoms with E-state index in [-0.39, 0.29) is 43.2 Å². The summed E-state index contributed by atoms with van der Waals surface area (Å²) in [5.74, 6) is 0. The molecule has 2 fully saturated rings. The van der Waals surface area contributed by atoms with Crippen LogP contribution in [0.2, 0.25) is 0 Å². The second-order valence-electron chi connectivity index (χ2n) is 6.31. The molecule has 0 saturated carbocycles. The number of nitrogens with one attached hydrogen (secondary N) is 1. The first-order valence-electron chi connectivity index (χ1n) is 8.25. The topological polar surface area (TPSA) is 65.5 Å². The van der Waals surface area contributed by atoms with E-state index in [2.05, 4.69) is 10.3 Å². The van der Waals surface area contributed by atoms with Gasteiger partial charge in [-0.3, -0.25) is 4.98 Å². The van der Waals surface area contributed by atoms with Gasteiger partial charge in [-0.15, -0.1) is 24.8 Å². The minimum Gasteiger partial charge on any atom is -0.368 e. The second-order valence-corrected chi connectivity index (χ2v) is 8.52. The van der Waals surface area contributed by atoms with Crippen LogP contribution in [0.3, 0.4) is 0 Å². The molecule has 1 N–H and O–H groups in total. The third-order valence-electron chi connectivity index (χ3n) is 4.72. The molecule has 1 aromatic rings. The molecular formula is C15H23Cl2F3N4O2S. The van der Waals surface area contributed by atoms with Crippen LogP contribution in [-0.4, -0.2) is 62.2 Å². The van der Waals surface area contributed by atoms with Crippen LogP contribution in [0, 0.1) is 0 Å². The first-order valence-corrected chi connectivity index (χ1v) is 9.75. The minimum absolute atomic E-state index is 0. The largest absolute Gasteiger partial charge is 0.417 e. The van der Waals surface area contributed by atoms with E-state index in [1.807, 2.05) is 0 Å². The number of rotatable bonds is 3. The van der Waals surface area contributed by atoms with E-state index < -0.39 is 21.8 Å². The van der Waals surface area contributed by atoms with Crippen molar-refractivity contribution in [2.45, 2.75) is 24.3 Å². The highest BCUT2D eigenvalue weighted by atomic mass is 35.5. The zero-order valence-corrected chi connectivity index (χ0v) is 16.9. The molecule has 0 radical (unpaired) electrons. The van der Waals surface area contributed by atoms with E-state index in [1.165, 1.54) is 10.5 Å². The van der Waals surface area contributed by atoms with Gasteiger partial charge in [0.1, 0.15) is 0 Å². The molecule has 3 rings (SSSR count). The molecule has 6 nitrogen and oxygen atoms in total. The molecule has 3 heterocycles. The highest BCUT2D eigenvalue weighted by molar-refractivity contribution is 7.89. The van der Waals surface area contributed by atoms with Crippen LogP contribution in [0.4, 0.5) is 18.9 Å². The number of sulfonamides is 1. The number of halogens is 5. The van der Waals surface area contributed by atoms with Gasteiger partial charge in [-0.25, -0.2) is 8.42 Å². The molecule has 2 aliphatic heterocycles. The van der Waals surface area contributed by atoms with Gasteiger partial charge < -0.3 is 10.2 Å². The molecule has 0 bridgehead atoms. The lowest BCUT2D eigenvalue weighted by Crippen LogP contribution is -2.52. The van der Waals surface area contributed by atoms with Crippen molar-refractivity contribution in [3.63, 3.8) is 0 Å². The Labute approximate surface area is 169 Å². The predicted molar refractivity (Wildman–Crippen MR) is 102 cm³/mol. The third kappa shape index (κ3) is 5.60. The normalized spacial score (nSPS) is 19.9. The molecular weight excluding hydrogens is 428 g/mol. The molecule has 2 aliphatic rings. The van der Waals surface area contributed by atoms with Crippen molar-refractivity contribution in [3.8, 4) is 0 Å². The zero-order chi connectivity index (χ0) is 18.1. The van der Waals surface area contributed by atoms with Gasteiger partial charge in [-0.2, -0.15) is 17.5 Å². The van der Waals surface area contributed by atoms with Crippen LogP contribution in [-0.2, 0) is 16.2 Å². The summed E-state index contributed by atoms with van der Waals surface area (Å²) in [5.41, 5.74) is -0.427. The van der Waals surface area contributed by atoms with Crippen molar-refractivity contribution < 1.29 is 21.6 Å². The minimum atomic E-state index is -4.44. The number of anilines is 1. The molecule has 0 aromatic carbocycles. The fourth-order valence-electron chi connectivity index (χ4n) is 3.26. The van der Waals surface area contributed by atoms with E-state index in [0.717, 1.165) is 12.3 Å². The molecule has 27 heavy (non-hydrogen) atoms. The van der Waals surface area contributed by atoms with E-state index in [0.29, 0.717) is 44.7 Å². The van der Waals surface area contributed by atoms with Gasteiger partial charge in [-0.1, -0.05) is 0 Å². The van der Waals surface area contributed by atoms with E-state index in [4.69, 9.17) is 0 Å². The third-order valence-corrected chi connectivity index (χ3v) is 7.12. The Morgan fingerprint density at radius 2 is 1.63 bits per heavy atom. The summed E-state index contributed by atoms with van der Waals surface area (Å²) in [5, 5.41) is 2.78. The van der Waals surface area contributed by atoms with Gasteiger partial charge in [-0.05, 0) is 32.0 Å². The Kier molecular flexibility index (Phi) is 8.61. The molecule has 156 valence electrons. The van der Waals surface area contributed by atoms with Crippen LogP contribution in [0.25, 0.3) is 0 Å². The van der Waals surface area contributed by atoms with Crippen LogP contribution in [0.15, 0.2) is 18.5 Å². The number of piperidine rings is 1. The molecule has 1 aromatic heterocycles. The van der Waals surface area contributed by atoms with Gasteiger partial charge in [0.05, 0.1) is 22.7 Å². The lowest BCUT2D eigenvalue weighted by molar-refractivity contribution is -0.137. The van der Waals surface area contributed by atoms with Crippen molar-refractivity contribution >= 4 is 40.5 Å². The first-order chi connectivity index (χ1) is 11.8. The number of alkyl halides is 3. The average molecular weight is 451 g/mol. The number of hydrogen-bond acceptors (Lipinski definition) is 5. The van der Waals surface area contributed by atoms with Crippen molar-refractivity contribution in [1.82, 2.24) is 14.6 Å². The number of aromatic nitrogens is 1. The molecule has 0 aliphatic carbocycles. The summed E-state index contributed by atoms with van der Waals surface area (Å²) in [6.07, 6.45) is -1.07. The lowest BCUT2D eigenvalue weighted by atomic mass is 10.2. The van der Waals surface area contributed by atoms with Crippen molar-refractivity contribution in [3.05, 3.63) is 24.0 Å². The summed E-state index contributed by atoms with van der Waals surface area (Å²) >= 11 is 0. The van der Waals surface area contributed by atoms with Crippen molar-refractivity contribution in [2.24, 2.45) is 0 Å². The lowest BCUT2D eigenvalue weighted by Gasteiger charge is -2.37. The maximum atomic E-state index is 12.8. The molecule has 0 unspecified atom stereocenters. The SMILES string of the molecule is Cl.Cl.O=S(=O)(C1CCNCC1)N1CCN(c2cncc(C(F)(F)F)c2)CC1. The molecule has 0 amide bonds. The van der Waals surface area contributed by atoms with E-state index in [1.54, 1.807) is 4.90 Å². The van der Waals surface area contributed by atoms with Crippen molar-refractivity contribution in [1.29, 1.82) is 0 Å². The summed E-state index contributed by atoms with van der Waals surface area (Å²) in [6.45, 7) is 2.66. The standard InChI is InChI=1S/C15H21F3N4O2S.2ClH/c16-15(17,18)12-9-13(11-20-10-12)21-5-7-22(8-6-21)25(23,24)14-1-3-19-4-2-14;;/h9-11,14,19H,1-8H2;2*1H. The fourth-order valence-corrected chi connectivity index (χ4v) is 5.19. The number of pyridine rings is 1. The number of piperazine rings is 1. The monoisotopic (exact) mass is 450 g/mol. The van der Waals surface area contributed by atoms with E-state index in [9.17, 15) is 21.6 Å². The molecule has 0 spiro atoms. The van der Waals surface area contributed by atoms with Gasteiger partial charge in [0, 0.05) is 32.4 Å². The van der Waals surface area contributed by atoms with Gasteiger partial charge in [0.2, 0.25) is 10.0 Å².